The van der Waals surface area contributed by atoms with Gasteiger partial charge in [0.25, 0.3) is 5.91 Å². The van der Waals surface area contributed by atoms with Crippen molar-refractivity contribution in [1.29, 1.82) is 0 Å². The first-order valence-corrected chi connectivity index (χ1v) is 5.94. The van der Waals surface area contributed by atoms with Crippen LogP contribution in [0.3, 0.4) is 0 Å². The van der Waals surface area contributed by atoms with Crippen molar-refractivity contribution in [2.45, 2.75) is 38.2 Å². The van der Waals surface area contributed by atoms with Gasteiger partial charge in [0.15, 0.2) is 0 Å². The molecule has 2 rings (SSSR count). The van der Waals surface area contributed by atoms with Crippen LogP contribution in [0, 0.1) is 0 Å². The third-order valence-corrected chi connectivity index (χ3v) is 2.84. The van der Waals surface area contributed by atoms with Crippen LogP contribution < -0.4 is 0 Å². The van der Waals surface area contributed by atoms with Gasteiger partial charge < -0.3 is 14.4 Å². The molecule has 0 saturated heterocycles. The highest BCUT2D eigenvalue weighted by Crippen LogP contribution is 2.42. The summed E-state index contributed by atoms with van der Waals surface area (Å²) in [4.78, 5) is 13.7. The Balaban J connectivity index is 2.10. The van der Waals surface area contributed by atoms with E-state index in [2.05, 4.69) is 0 Å². The van der Waals surface area contributed by atoms with E-state index in [0.717, 1.165) is 18.6 Å². The fraction of sp³-hybridized carbons (Fsp3) is 0.615. The summed E-state index contributed by atoms with van der Waals surface area (Å²) >= 11 is 0. The van der Waals surface area contributed by atoms with Crippen LogP contribution in [-0.2, 0) is 0 Å². The molecule has 0 unspecified atom stereocenters. The second-order valence-corrected chi connectivity index (χ2v) is 5.45. The minimum atomic E-state index is -0.881. The van der Waals surface area contributed by atoms with Gasteiger partial charge in [-0.15, -0.1) is 0 Å². The quantitative estimate of drug-likeness (QED) is 0.871. The Morgan fingerprint density at radius 2 is 2.24 bits per heavy atom. The molecule has 0 bridgehead atoms. The molecule has 1 aromatic rings. The van der Waals surface area contributed by atoms with Gasteiger partial charge in [-0.1, -0.05) is 0 Å². The molecule has 1 fully saturated rings. The molecule has 1 saturated carbocycles. The van der Waals surface area contributed by atoms with Gasteiger partial charge in [-0.05, 0) is 32.8 Å². The number of aliphatic hydroxyl groups is 1. The summed E-state index contributed by atoms with van der Waals surface area (Å²) < 4.78 is 5.38. The summed E-state index contributed by atoms with van der Waals surface area (Å²) in [6, 6.07) is 1.72. The lowest BCUT2D eigenvalue weighted by Crippen LogP contribution is -2.39. The largest absolute Gasteiger partial charge is 0.468 e. The Morgan fingerprint density at radius 3 is 2.76 bits per heavy atom. The molecule has 1 aliphatic rings. The second-order valence-electron chi connectivity index (χ2n) is 5.45. The number of likely N-dealkylation sites (N-methyl/N-ethyl adjacent to an activating group) is 1. The minimum Gasteiger partial charge on any atom is -0.468 e. The van der Waals surface area contributed by atoms with Gasteiger partial charge in [0.2, 0.25) is 0 Å². The van der Waals surface area contributed by atoms with Gasteiger partial charge in [-0.2, -0.15) is 0 Å². The predicted octanol–water partition coefficient (Wildman–Crippen LogP) is 2.00. The molecule has 0 radical (unpaired) electrons. The standard InChI is InChI=1S/C13H19NO3/c1-13(2,16)8-14(3)12(15)10-6-7-17-11(10)9-4-5-9/h6-7,9,16H,4-5,8H2,1-3H3. The average molecular weight is 237 g/mol. The zero-order valence-corrected chi connectivity index (χ0v) is 10.6. The maximum absolute atomic E-state index is 12.2. The van der Waals surface area contributed by atoms with Crippen LogP contribution in [0.25, 0.3) is 0 Å². The first kappa shape index (κ1) is 12.2. The Labute approximate surface area is 101 Å². The molecule has 0 aliphatic heterocycles. The van der Waals surface area contributed by atoms with E-state index in [1.54, 1.807) is 33.2 Å². The lowest BCUT2D eigenvalue weighted by Gasteiger charge is -2.25. The molecule has 1 amide bonds. The molecular formula is C13H19NO3. The van der Waals surface area contributed by atoms with Gasteiger partial charge in [0.05, 0.1) is 17.4 Å². The number of nitrogens with zero attached hydrogens (tertiary/aromatic N) is 1. The lowest BCUT2D eigenvalue weighted by molar-refractivity contribution is 0.0366. The van der Waals surface area contributed by atoms with Crippen molar-refractivity contribution in [3.05, 3.63) is 23.7 Å². The highest BCUT2D eigenvalue weighted by molar-refractivity contribution is 5.95. The van der Waals surface area contributed by atoms with Crippen molar-refractivity contribution >= 4 is 5.91 Å². The van der Waals surface area contributed by atoms with E-state index in [-0.39, 0.29) is 5.91 Å². The van der Waals surface area contributed by atoms with Crippen molar-refractivity contribution in [3.63, 3.8) is 0 Å². The Hall–Kier alpha value is -1.29. The fourth-order valence-corrected chi connectivity index (χ4v) is 2.02. The van der Waals surface area contributed by atoms with E-state index >= 15 is 0 Å². The SMILES string of the molecule is CN(CC(C)(C)O)C(=O)c1ccoc1C1CC1. The summed E-state index contributed by atoms with van der Waals surface area (Å²) in [6.45, 7) is 3.68. The van der Waals surface area contributed by atoms with Crippen molar-refractivity contribution < 1.29 is 14.3 Å². The van der Waals surface area contributed by atoms with Crippen LogP contribution in [0.1, 0.15) is 48.7 Å². The number of carbonyl (C=O) groups excluding carboxylic acids is 1. The zero-order chi connectivity index (χ0) is 12.6. The van der Waals surface area contributed by atoms with E-state index < -0.39 is 5.60 Å². The smallest absolute Gasteiger partial charge is 0.257 e. The molecule has 0 spiro atoms. The second kappa shape index (κ2) is 4.18. The van der Waals surface area contributed by atoms with Gasteiger partial charge in [0.1, 0.15) is 5.76 Å². The number of furan rings is 1. The van der Waals surface area contributed by atoms with Crippen LogP contribution in [0.15, 0.2) is 16.7 Å². The normalized spacial score (nSPS) is 16.0. The number of amides is 1. The molecular weight excluding hydrogens is 218 g/mol. The Morgan fingerprint density at radius 1 is 1.59 bits per heavy atom. The molecule has 1 aromatic heterocycles. The molecule has 4 nitrogen and oxygen atoms in total. The number of carbonyl (C=O) groups is 1. The van der Waals surface area contributed by atoms with Crippen molar-refractivity contribution in [2.75, 3.05) is 13.6 Å². The number of hydrogen-bond donors (Lipinski definition) is 1. The molecule has 17 heavy (non-hydrogen) atoms. The summed E-state index contributed by atoms with van der Waals surface area (Å²) in [5.74, 6) is 1.14. The monoisotopic (exact) mass is 237 g/mol. The first-order valence-electron chi connectivity index (χ1n) is 5.94. The van der Waals surface area contributed by atoms with E-state index in [0.29, 0.717) is 18.0 Å². The molecule has 0 atom stereocenters. The maximum atomic E-state index is 12.2. The minimum absolute atomic E-state index is 0.0808. The van der Waals surface area contributed by atoms with E-state index in [4.69, 9.17) is 4.42 Å². The molecule has 1 N–H and O–H groups in total. The lowest BCUT2D eigenvalue weighted by atomic mass is 10.1. The fourth-order valence-electron chi connectivity index (χ4n) is 2.02. The molecule has 94 valence electrons. The maximum Gasteiger partial charge on any atom is 0.257 e. The average Bonchev–Trinajstić information content (AvgIpc) is 2.93. The highest BCUT2D eigenvalue weighted by atomic mass is 16.3. The highest BCUT2D eigenvalue weighted by Gasteiger charge is 2.32. The van der Waals surface area contributed by atoms with Gasteiger partial charge >= 0.3 is 0 Å². The summed E-state index contributed by atoms with van der Waals surface area (Å²) in [7, 11) is 1.70. The van der Waals surface area contributed by atoms with E-state index in [9.17, 15) is 9.90 Å². The van der Waals surface area contributed by atoms with Crippen LogP contribution in [0.2, 0.25) is 0 Å². The van der Waals surface area contributed by atoms with Gasteiger partial charge in [-0.3, -0.25) is 4.79 Å². The molecule has 0 aromatic carbocycles. The number of rotatable bonds is 4. The summed E-state index contributed by atoms with van der Waals surface area (Å²) in [6.07, 6.45) is 3.77. The van der Waals surface area contributed by atoms with E-state index in [1.807, 2.05) is 0 Å². The molecule has 1 aliphatic carbocycles. The first-order chi connectivity index (χ1) is 7.88. The van der Waals surface area contributed by atoms with Crippen molar-refractivity contribution in [2.24, 2.45) is 0 Å². The summed E-state index contributed by atoms with van der Waals surface area (Å²) in [5.41, 5.74) is -0.243. The van der Waals surface area contributed by atoms with Crippen LogP contribution in [0.5, 0.6) is 0 Å². The van der Waals surface area contributed by atoms with Crippen molar-refractivity contribution in [3.8, 4) is 0 Å². The van der Waals surface area contributed by atoms with Gasteiger partial charge in [0, 0.05) is 19.5 Å². The zero-order valence-electron chi connectivity index (χ0n) is 10.6. The van der Waals surface area contributed by atoms with Crippen LogP contribution in [0.4, 0.5) is 0 Å². The molecule has 1 heterocycles. The Kier molecular flexibility index (Phi) is 3.00. The van der Waals surface area contributed by atoms with E-state index in [1.165, 1.54) is 4.90 Å². The topological polar surface area (TPSA) is 53.7 Å². The molecule has 4 heteroatoms. The Bertz CT molecular complexity index is 413. The van der Waals surface area contributed by atoms with Crippen LogP contribution >= 0.6 is 0 Å². The predicted molar refractivity (Wildman–Crippen MR) is 63.9 cm³/mol. The third kappa shape index (κ3) is 2.88. The van der Waals surface area contributed by atoms with Crippen molar-refractivity contribution in [1.82, 2.24) is 4.90 Å². The summed E-state index contributed by atoms with van der Waals surface area (Å²) in [5, 5.41) is 9.71. The third-order valence-electron chi connectivity index (χ3n) is 2.84. The number of hydrogen-bond acceptors (Lipinski definition) is 3. The van der Waals surface area contributed by atoms with Crippen LogP contribution in [-0.4, -0.2) is 35.1 Å². The van der Waals surface area contributed by atoms with Gasteiger partial charge in [-0.25, -0.2) is 0 Å².